The van der Waals surface area contributed by atoms with Crippen molar-refractivity contribution in [3.8, 4) is 17.2 Å². The molecule has 0 spiro atoms. The highest BCUT2D eigenvalue weighted by Crippen LogP contribution is 2.49. The van der Waals surface area contributed by atoms with E-state index in [1.165, 1.54) is 7.11 Å². The summed E-state index contributed by atoms with van der Waals surface area (Å²) >= 11 is 3.39. The van der Waals surface area contributed by atoms with E-state index < -0.39 is 5.92 Å². The summed E-state index contributed by atoms with van der Waals surface area (Å²) in [6.07, 6.45) is 1.06. The molecule has 1 amide bonds. The fourth-order valence-corrected chi connectivity index (χ4v) is 5.38. The molecule has 0 bridgehead atoms. The van der Waals surface area contributed by atoms with Gasteiger partial charge in [0.05, 0.1) is 24.4 Å². The molecule has 35 heavy (non-hydrogen) atoms. The number of phenols is 1. The molecule has 3 N–H and O–H groups in total. The lowest BCUT2D eigenvalue weighted by Crippen LogP contribution is -2.39. The van der Waals surface area contributed by atoms with Gasteiger partial charge in [-0.1, -0.05) is 26.0 Å². The average Bonchev–Trinajstić information content (AvgIpc) is 2.79. The van der Waals surface area contributed by atoms with Gasteiger partial charge in [-0.15, -0.1) is 0 Å². The van der Waals surface area contributed by atoms with Gasteiger partial charge in [-0.3, -0.25) is 9.59 Å². The molecule has 1 aliphatic heterocycles. The van der Waals surface area contributed by atoms with E-state index in [0.717, 1.165) is 5.70 Å². The Hall–Kier alpha value is -3.26. The monoisotopic (exact) mass is 540 g/mol. The Morgan fingerprint density at radius 2 is 1.83 bits per heavy atom. The second-order valence-corrected chi connectivity index (χ2v) is 10.5. The van der Waals surface area contributed by atoms with Crippen molar-refractivity contribution >= 4 is 33.3 Å². The van der Waals surface area contributed by atoms with Gasteiger partial charge in [0.15, 0.2) is 17.3 Å². The molecular weight excluding hydrogens is 512 g/mol. The van der Waals surface area contributed by atoms with Gasteiger partial charge in [-0.2, -0.15) is 0 Å². The van der Waals surface area contributed by atoms with Gasteiger partial charge in [0.1, 0.15) is 5.75 Å². The number of aromatic hydroxyl groups is 1. The number of nitrogens with one attached hydrogen (secondary N) is 2. The number of hydrogen-bond acceptors (Lipinski definition) is 6. The minimum Gasteiger partial charge on any atom is -0.503 e. The number of para-hydroxylation sites is 2. The van der Waals surface area contributed by atoms with Crippen LogP contribution < -0.4 is 20.1 Å². The van der Waals surface area contributed by atoms with Gasteiger partial charge in [0, 0.05) is 34.9 Å². The van der Waals surface area contributed by atoms with Crippen LogP contribution in [-0.2, 0) is 9.59 Å². The van der Waals surface area contributed by atoms with Crippen LogP contribution in [0.2, 0.25) is 0 Å². The highest BCUT2D eigenvalue weighted by atomic mass is 79.9. The number of rotatable bonds is 5. The molecule has 2 aliphatic rings. The summed E-state index contributed by atoms with van der Waals surface area (Å²) < 4.78 is 11.2. The van der Waals surface area contributed by atoms with Crippen LogP contribution in [0.1, 0.15) is 45.1 Å². The summed E-state index contributed by atoms with van der Waals surface area (Å²) in [7, 11) is 3.00. The number of anilines is 1. The summed E-state index contributed by atoms with van der Waals surface area (Å²) in [6, 6.07) is 10.6. The predicted molar refractivity (Wildman–Crippen MR) is 138 cm³/mol. The van der Waals surface area contributed by atoms with E-state index in [9.17, 15) is 14.7 Å². The third kappa shape index (κ3) is 4.67. The zero-order valence-electron chi connectivity index (χ0n) is 20.4. The zero-order valence-corrected chi connectivity index (χ0v) is 22.0. The van der Waals surface area contributed by atoms with Crippen molar-refractivity contribution < 1.29 is 24.2 Å². The maximum Gasteiger partial charge on any atom is 0.254 e. The topological polar surface area (TPSA) is 96.9 Å². The van der Waals surface area contributed by atoms with Gasteiger partial charge in [-0.25, -0.2) is 0 Å². The van der Waals surface area contributed by atoms with Crippen LogP contribution in [0.4, 0.5) is 5.69 Å². The van der Waals surface area contributed by atoms with Crippen LogP contribution >= 0.6 is 15.9 Å². The number of methoxy groups -OCH3 is 2. The molecule has 4 rings (SSSR count). The summed E-state index contributed by atoms with van der Waals surface area (Å²) in [5.74, 6) is -0.264. The lowest BCUT2D eigenvalue weighted by Gasteiger charge is -2.39. The molecule has 8 heteroatoms. The number of carbonyl (C=O) groups is 2. The number of benzene rings is 2. The predicted octanol–water partition coefficient (Wildman–Crippen LogP) is 5.41. The van der Waals surface area contributed by atoms with E-state index in [4.69, 9.17) is 9.47 Å². The number of ether oxygens (including phenoxy) is 2. The molecular formula is C27H29BrN2O5. The van der Waals surface area contributed by atoms with Crippen LogP contribution in [0.5, 0.6) is 17.2 Å². The SMILES string of the molecule is COc1ccccc1NC(=O)C1=C(C)NC2=C(C(=O)CC(C)(C)C2)[C@H]1c1cc(Br)c(O)c(OC)c1. The Kier molecular flexibility index (Phi) is 6.68. The highest BCUT2D eigenvalue weighted by molar-refractivity contribution is 9.10. The molecule has 2 aromatic rings. The Morgan fingerprint density at radius 3 is 2.51 bits per heavy atom. The Morgan fingerprint density at radius 1 is 1.14 bits per heavy atom. The van der Waals surface area contributed by atoms with Gasteiger partial charge in [-0.05, 0) is 64.5 Å². The van der Waals surface area contributed by atoms with Gasteiger partial charge < -0.3 is 25.2 Å². The zero-order chi connectivity index (χ0) is 25.5. The third-order valence-electron chi connectivity index (χ3n) is 6.44. The van der Waals surface area contributed by atoms with Gasteiger partial charge in [0.25, 0.3) is 5.91 Å². The summed E-state index contributed by atoms with van der Waals surface area (Å²) in [5, 5.41) is 16.7. The normalized spacial score (nSPS) is 19.1. The molecule has 2 aromatic carbocycles. The minimum absolute atomic E-state index is 0.00740. The Labute approximate surface area is 213 Å². The molecule has 0 radical (unpaired) electrons. The number of ketones is 1. The van der Waals surface area contributed by atoms with Crippen molar-refractivity contribution in [1.29, 1.82) is 0 Å². The van der Waals surface area contributed by atoms with Crippen LogP contribution in [0.15, 0.2) is 63.4 Å². The number of Topliss-reactive ketones (excluding diaryl/α,β-unsaturated/α-hetero) is 1. The van der Waals surface area contributed by atoms with E-state index in [-0.39, 0.29) is 28.6 Å². The van der Waals surface area contributed by atoms with Crippen LogP contribution in [0.3, 0.4) is 0 Å². The first-order valence-corrected chi connectivity index (χ1v) is 12.1. The fraction of sp³-hybridized carbons (Fsp3) is 0.333. The molecule has 0 fully saturated rings. The van der Waals surface area contributed by atoms with Crippen molar-refractivity contribution in [3.05, 3.63) is 69.0 Å². The molecule has 184 valence electrons. The lowest BCUT2D eigenvalue weighted by molar-refractivity contribution is -0.118. The van der Waals surface area contributed by atoms with Crippen LogP contribution in [0, 0.1) is 5.41 Å². The maximum atomic E-state index is 13.8. The van der Waals surface area contributed by atoms with Crippen molar-refractivity contribution in [1.82, 2.24) is 5.32 Å². The van der Waals surface area contributed by atoms with E-state index in [0.29, 0.717) is 51.2 Å². The standard InChI is InChI=1S/C27H29BrN2O5/c1-14-22(26(33)30-17-8-6-7-9-20(17)34-4)23(15-10-16(28)25(32)21(11-15)35-5)24-18(29-14)12-27(2,3)13-19(24)31/h6-11,23,29,32H,12-13H2,1-5H3,(H,30,33)/t23-/m0/s1. The molecule has 0 aromatic heterocycles. The molecule has 1 aliphatic carbocycles. The number of dihydropyridines is 1. The number of phenolic OH excluding ortho intramolecular Hbond substituents is 1. The second-order valence-electron chi connectivity index (χ2n) is 9.64. The minimum atomic E-state index is -0.643. The van der Waals surface area contributed by atoms with E-state index in [2.05, 4.69) is 40.4 Å². The first-order valence-electron chi connectivity index (χ1n) is 11.3. The molecule has 1 heterocycles. The summed E-state index contributed by atoms with van der Waals surface area (Å²) in [5.41, 5.74) is 3.47. The van der Waals surface area contributed by atoms with E-state index in [1.54, 1.807) is 31.4 Å². The van der Waals surface area contributed by atoms with Crippen molar-refractivity contribution in [2.24, 2.45) is 5.41 Å². The van der Waals surface area contributed by atoms with Crippen molar-refractivity contribution in [2.75, 3.05) is 19.5 Å². The first-order chi connectivity index (χ1) is 16.6. The van der Waals surface area contributed by atoms with Crippen LogP contribution in [0.25, 0.3) is 0 Å². The largest absolute Gasteiger partial charge is 0.503 e. The number of amides is 1. The molecule has 0 saturated heterocycles. The van der Waals surface area contributed by atoms with E-state index in [1.807, 2.05) is 19.1 Å². The molecule has 1 atom stereocenters. The second kappa shape index (κ2) is 9.41. The summed E-state index contributed by atoms with van der Waals surface area (Å²) in [6.45, 7) is 5.97. The van der Waals surface area contributed by atoms with Crippen molar-refractivity contribution in [3.63, 3.8) is 0 Å². The van der Waals surface area contributed by atoms with Crippen molar-refractivity contribution in [2.45, 2.75) is 39.5 Å². The number of halogens is 1. The fourth-order valence-electron chi connectivity index (χ4n) is 4.92. The van der Waals surface area contributed by atoms with Crippen LogP contribution in [-0.4, -0.2) is 31.0 Å². The first kappa shape index (κ1) is 24.9. The smallest absolute Gasteiger partial charge is 0.254 e. The average molecular weight is 541 g/mol. The van der Waals surface area contributed by atoms with Gasteiger partial charge >= 0.3 is 0 Å². The number of hydrogen-bond donors (Lipinski definition) is 3. The molecule has 0 saturated carbocycles. The third-order valence-corrected chi connectivity index (χ3v) is 7.05. The lowest BCUT2D eigenvalue weighted by atomic mass is 9.68. The van der Waals surface area contributed by atoms with Gasteiger partial charge in [0.2, 0.25) is 0 Å². The quantitative estimate of drug-likeness (QED) is 0.468. The Bertz CT molecular complexity index is 1280. The summed E-state index contributed by atoms with van der Waals surface area (Å²) in [4.78, 5) is 27.3. The van der Waals surface area contributed by atoms with E-state index >= 15 is 0 Å². The molecule has 7 nitrogen and oxygen atoms in total. The maximum absolute atomic E-state index is 13.8. The molecule has 0 unspecified atom stereocenters. The number of carbonyl (C=O) groups excluding carboxylic acids is 2. The Balaban J connectivity index is 1.87. The highest BCUT2D eigenvalue weighted by Gasteiger charge is 2.43. The number of allylic oxidation sites excluding steroid dienone is 3.